The van der Waals surface area contributed by atoms with E-state index in [-0.39, 0.29) is 5.91 Å². The van der Waals surface area contributed by atoms with Crippen LogP contribution in [-0.2, 0) is 17.8 Å². The number of benzene rings is 2. The third kappa shape index (κ3) is 6.01. The quantitative estimate of drug-likeness (QED) is 0.313. The molecule has 1 N–H and O–H groups in total. The van der Waals surface area contributed by atoms with Crippen LogP contribution in [0.5, 0.6) is 0 Å². The molecule has 4 rings (SSSR count). The molecule has 2 heterocycles. The second kappa shape index (κ2) is 10.9. The number of aryl methyl sites for hydroxylation is 1. The first-order valence-electron chi connectivity index (χ1n) is 10.8. The van der Waals surface area contributed by atoms with Gasteiger partial charge in [0.1, 0.15) is 5.69 Å². The third-order valence-electron chi connectivity index (χ3n) is 5.11. The van der Waals surface area contributed by atoms with Crippen molar-refractivity contribution in [2.75, 3.05) is 6.54 Å². The minimum atomic E-state index is -0.106. The monoisotopic (exact) mass is 422 g/mol. The fraction of sp³-hybridized carbons (Fsp3) is 0.148. The van der Waals surface area contributed by atoms with Crippen LogP contribution in [0.3, 0.4) is 0 Å². The van der Waals surface area contributed by atoms with Gasteiger partial charge in [-0.2, -0.15) is 5.10 Å². The molecule has 2 aromatic carbocycles. The molecule has 0 spiro atoms. The summed E-state index contributed by atoms with van der Waals surface area (Å²) in [5, 5.41) is 7.72. The van der Waals surface area contributed by atoms with Crippen LogP contribution in [0.4, 0.5) is 0 Å². The van der Waals surface area contributed by atoms with Gasteiger partial charge in [-0.25, -0.2) is 0 Å². The lowest BCUT2D eigenvalue weighted by Gasteiger charge is -2.03. The molecule has 0 atom stereocenters. The highest BCUT2D eigenvalue weighted by Gasteiger charge is 2.10. The molecule has 5 nitrogen and oxygen atoms in total. The molecule has 0 aliphatic rings. The van der Waals surface area contributed by atoms with E-state index in [0.717, 1.165) is 29.7 Å². The lowest BCUT2D eigenvalue weighted by molar-refractivity contribution is -0.116. The Labute approximate surface area is 188 Å². The van der Waals surface area contributed by atoms with Crippen molar-refractivity contribution in [2.45, 2.75) is 19.4 Å². The predicted octanol–water partition coefficient (Wildman–Crippen LogP) is 4.76. The van der Waals surface area contributed by atoms with Gasteiger partial charge in [-0.1, -0.05) is 60.7 Å². The Balaban J connectivity index is 1.41. The van der Waals surface area contributed by atoms with E-state index in [4.69, 9.17) is 5.10 Å². The predicted molar refractivity (Wildman–Crippen MR) is 128 cm³/mol. The van der Waals surface area contributed by atoms with Crippen LogP contribution < -0.4 is 5.32 Å². The molecular formula is C27H26N4O. The fourth-order valence-electron chi connectivity index (χ4n) is 3.51. The maximum absolute atomic E-state index is 12.3. The van der Waals surface area contributed by atoms with Crippen LogP contribution in [0, 0.1) is 0 Å². The summed E-state index contributed by atoms with van der Waals surface area (Å²) < 4.78 is 1.90. The van der Waals surface area contributed by atoms with E-state index in [0.29, 0.717) is 13.1 Å². The van der Waals surface area contributed by atoms with Gasteiger partial charge >= 0.3 is 0 Å². The summed E-state index contributed by atoms with van der Waals surface area (Å²) >= 11 is 0. The average Bonchev–Trinajstić information content (AvgIpc) is 3.25. The highest BCUT2D eigenvalue weighted by atomic mass is 16.1. The van der Waals surface area contributed by atoms with Crippen molar-refractivity contribution in [3.8, 4) is 11.3 Å². The normalized spacial score (nSPS) is 11.0. The van der Waals surface area contributed by atoms with Crippen LogP contribution in [0.1, 0.15) is 23.1 Å². The van der Waals surface area contributed by atoms with Crippen LogP contribution in [0.2, 0.25) is 0 Å². The molecule has 32 heavy (non-hydrogen) atoms. The number of amides is 1. The molecule has 0 bridgehead atoms. The van der Waals surface area contributed by atoms with Gasteiger partial charge in [0.05, 0.1) is 6.54 Å². The standard InChI is InChI=1S/C27H26N4O/c32-26(29-18-7-13-22-9-3-1-4-10-22)16-15-25-21-31(20-23-11-5-2-6-12-23)30-27(25)24-14-8-17-28-19-24/h1-6,8-12,14-17,19,21H,7,13,18,20H2,(H,29,32)/b16-15+. The largest absolute Gasteiger partial charge is 0.353 e. The lowest BCUT2D eigenvalue weighted by Crippen LogP contribution is -2.22. The molecule has 4 aromatic rings. The number of hydrogen-bond donors (Lipinski definition) is 1. The summed E-state index contributed by atoms with van der Waals surface area (Å²) in [5.41, 5.74) is 5.06. The third-order valence-corrected chi connectivity index (χ3v) is 5.11. The summed E-state index contributed by atoms with van der Waals surface area (Å²) in [4.78, 5) is 16.5. The Bertz CT molecular complexity index is 1150. The molecular weight excluding hydrogens is 396 g/mol. The zero-order valence-corrected chi connectivity index (χ0v) is 17.9. The van der Waals surface area contributed by atoms with E-state index in [1.165, 1.54) is 11.1 Å². The minimum absolute atomic E-state index is 0.106. The number of aromatic nitrogens is 3. The van der Waals surface area contributed by atoms with Crippen molar-refractivity contribution in [3.63, 3.8) is 0 Å². The van der Waals surface area contributed by atoms with Gasteiger partial charge in [0.25, 0.3) is 0 Å². The Hall–Kier alpha value is -3.99. The number of carbonyl (C=O) groups is 1. The van der Waals surface area contributed by atoms with Gasteiger partial charge in [-0.3, -0.25) is 14.5 Å². The van der Waals surface area contributed by atoms with Crippen molar-refractivity contribution < 1.29 is 4.79 Å². The zero-order chi connectivity index (χ0) is 22.0. The van der Waals surface area contributed by atoms with E-state index < -0.39 is 0 Å². The van der Waals surface area contributed by atoms with E-state index in [9.17, 15) is 4.79 Å². The van der Waals surface area contributed by atoms with E-state index in [1.807, 2.05) is 65.5 Å². The van der Waals surface area contributed by atoms with Crippen molar-refractivity contribution in [2.24, 2.45) is 0 Å². The average molecular weight is 423 g/mol. The van der Waals surface area contributed by atoms with Crippen LogP contribution in [0.15, 0.2) is 97.5 Å². The molecule has 160 valence electrons. The molecule has 0 aliphatic heterocycles. The Morgan fingerprint density at radius 3 is 2.41 bits per heavy atom. The van der Waals surface area contributed by atoms with Gasteiger partial charge in [-0.05, 0) is 42.2 Å². The summed E-state index contributed by atoms with van der Waals surface area (Å²) in [5.74, 6) is -0.106. The van der Waals surface area contributed by atoms with Gasteiger partial charge < -0.3 is 5.32 Å². The van der Waals surface area contributed by atoms with Crippen LogP contribution >= 0.6 is 0 Å². The van der Waals surface area contributed by atoms with Gasteiger partial charge in [0.2, 0.25) is 5.91 Å². The van der Waals surface area contributed by atoms with Gasteiger partial charge in [-0.15, -0.1) is 0 Å². The number of pyridine rings is 1. The topological polar surface area (TPSA) is 59.8 Å². The van der Waals surface area contributed by atoms with E-state index >= 15 is 0 Å². The maximum Gasteiger partial charge on any atom is 0.244 e. The first kappa shape index (κ1) is 21.2. The maximum atomic E-state index is 12.3. The molecule has 0 fully saturated rings. The molecule has 0 unspecified atom stereocenters. The number of nitrogens with zero attached hydrogens (tertiary/aromatic N) is 3. The number of hydrogen-bond acceptors (Lipinski definition) is 3. The highest BCUT2D eigenvalue weighted by Crippen LogP contribution is 2.23. The zero-order valence-electron chi connectivity index (χ0n) is 17.9. The summed E-state index contributed by atoms with van der Waals surface area (Å²) in [6, 6.07) is 24.3. The van der Waals surface area contributed by atoms with E-state index in [1.54, 1.807) is 18.5 Å². The molecule has 0 saturated carbocycles. The second-order valence-corrected chi connectivity index (χ2v) is 7.57. The summed E-state index contributed by atoms with van der Waals surface area (Å²) in [7, 11) is 0. The Morgan fingerprint density at radius 2 is 1.69 bits per heavy atom. The lowest BCUT2D eigenvalue weighted by atomic mass is 10.1. The smallest absolute Gasteiger partial charge is 0.244 e. The molecule has 1 amide bonds. The van der Waals surface area contributed by atoms with Crippen molar-refractivity contribution >= 4 is 12.0 Å². The molecule has 0 radical (unpaired) electrons. The Morgan fingerprint density at radius 1 is 0.938 bits per heavy atom. The van der Waals surface area contributed by atoms with Gasteiger partial charge in [0.15, 0.2) is 0 Å². The molecule has 0 aliphatic carbocycles. The molecule has 5 heteroatoms. The van der Waals surface area contributed by atoms with Crippen LogP contribution in [-0.4, -0.2) is 27.2 Å². The number of carbonyl (C=O) groups excluding carboxylic acids is 1. The summed E-state index contributed by atoms with van der Waals surface area (Å²) in [6.45, 7) is 1.30. The molecule has 2 aromatic heterocycles. The van der Waals surface area contributed by atoms with Crippen molar-refractivity contribution in [1.82, 2.24) is 20.1 Å². The number of rotatable bonds is 9. The van der Waals surface area contributed by atoms with Crippen LogP contribution in [0.25, 0.3) is 17.3 Å². The first-order valence-corrected chi connectivity index (χ1v) is 10.8. The molecule has 0 saturated heterocycles. The Kier molecular flexibility index (Phi) is 7.21. The second-order valence-electron chi connectivity index (χ2n) is 7.57. The minimum Gasteiger partial charge on any atom is -0.353 e. The SMILES string of the molecule is O=C(/C=C/c1cn(Cc2ccccc2)nc1-c1cccnc1)NCCCc1ccccc1. The summed E-state index contributed by atoms with van der Waals surface area (Å²) in [6.07, 6.45) is 10.7. The fourth-order valence-corrected chi connectivity index (χ4v) is 3.51. The number of nitrogens with one attached hydrogen (secondary N) is 1. The first-order chi connectivity index (χ1) is 15.8. The highest BCUT2D eigenvalue weighted by molar-refractivity contribution is 5.92. The van der Waals surface area contributed by atoms with Crippen molar-refractivity contribution in [1.29, 1.82) is 0 Å². The van der Waals surface area contributed by atoms with Crippen molar-refractivity contribution in [3.05, 3.63) is 114 Å². The van der Waals surface area contributed by atoms with E-state index in [2.05, 4.69) is 34.6 Å². The van der Waals surface area contributed by atoms with Gasteiger partial charge in [0, 0.05) is 42.3 Å².